The van der Waals surface area contributed by atoms with Crippen molar-refractivity contribution in [1.29, 1.82) is 0 Å². The Labute approximate surface area is 330 Å². The molecule has 3 aliphatic carbocycles. The standard InChI is InChI=1S/C48H54FN2O5/c1-8-10-18-31(17-9-2)23-24-34-27-38(49)36-25-35-26-37-42(51(5,6)7)45-41(47(50-56-45)55-29-33-21-15-12-16-22-33)46(53)48(37,4)30(3)39(35)43(52)40(36)44(34)54-28-32-19-13-11-14-20-32/h8-9,11-16,19-22,27,31,35,37,42H,1-2,10,17-18,23-26,28-29H2,3-7H3/q+1. The monoisotopic (exact) mass is 757 g/mol. The number of rotatable bonds is 15. The number of hydrogen-bond acceptors (Lipinski definition) is 6. The predicted octanol–water partition coefficient (Wildman–Crippen LogP) is 10.4. The summed E-state index contributed by atoms with van der Waals surface area (Å²) in [5, 5.41) is 4.33. The third-order valence-electron chi connectivity index (χ3n) is 12.6. The molecule has 4 aromatic rings. The molecule has 0 N–H and O–H groups in total. The highest BCUT2D eigenvalue weighted by Gasteiger charge is 2.63. The van der Waals surface area contributed by atoms with Crippen LogP contribution in [0.1, 0.15) is 101 Å². The van der Waals surface area contributed by atoms with E-state index in [0.29, 0.717) is 74.6 Å². The van der Waals surface area contributed by atoms with Gasteiger partial charge in [0.05, 0.1) is 32.1 Å². The Balaban J connectivity index is 1.32. The minimum atomic E-state index is -1.07. The van der Waals surface area contributed by atoms with Crippen molar-refractivity contribution in [3.63, 3.8) is 0 Å². The Morgan fingerprint density at radius 2 is 1.62 bits per heavy atom. The Morgan fingerprint density at radius 1 is 0.964 bits per heavy atom. The molecular formula is C48H54FN2O5+. The Hall–Kier alpha value is -5.08. The highest BCUT2D eigenvalue weighted by molar-refractivity contribution is 6.15. The molecule has 7 rings (SSSR count). The predicted molar refractivity (Wildman–Crippen MR) is 216 cm³/mol. The third kappa shape index (κ3) is 7.08. The van der Waals surface area contributed by atoms with Crippen LogP contribution in [-0.2, 0) is 26.1 Å². The Morgan fingerprint density at radius 3 is 2.25 bits per heavy atom. The normalized spacial score (nSPS) is 22.1. The van der Waals surface area contributed by atoms with E-state index in [0.717, 1.165) is 36.8 Å². The van der Waals surface area contributed by atoms with Gasteiger partial charge < -0.3 is 18.5 Å². The summed E-state index contributed by atoms with van der Waals surface area (Å²) in [4.78, 5) is 30.3. The van der Waals surface area contributed by atoms with Gasteiger partial charge in [-0.15, -0.1) is 13.2 Å². The summed E-state index contributed by atoms with van der Waals surface area (Å²) in [5.74, 6) is 0.120. The van der Waals surface area contributed by atoms with Crippen molar-refractivity contribution in [3.8, 4) is 11.6 Å². The van der Waals surface area contributed by atoms with E-state index in [1.165, 1.54) is 0 Å². The van der Waals surface area contributed by atoms with Crippen LogP contribution in [0.15, 0.2) is 108 Å². The van der Waals surface area contributed by atoms with Gasteiger partial charge in [-0.25, -0.2) is 4.39 Å². The highest BCUT2D eigenvalue weighted by atomic mass is 19.1. The van der Waals surface area contributed by atoms with Crippen molar-refractivity contribution in [2.24, 2.45) is 23.2 Å². The lowest BCUT2D eigenvalue weighted by atomic mass is 9.51. The molecule has 0 radical (unpaired) electrons. The van der Waals surface area contributed by atoms with Crippen LogP contribution in [0.3, 0.4) is 0 Å². The number of carbonyl (C=O) groups is 2. The fourth-order valence-corrected chi connectivity index (χ4v) is 9.66. The number of halogens is 1. The van der Waals surface area contributed by atoms with Crippen LogP contribution >= 0.6 is 0 Å². The summed E-state index contributed by atoms with van der Waals surface area (Å²) in [7, 11) is 6.26. The topological polar surface area (TPSA) is 78.6 Å². The van der Waals surface area contributed by atoms with Crippen molar-refractivity contribution in [2.75, 3.05) is 21.1 Å². The third-order valence-corrected chi connectivity index (χ3v) is 12.6. The van der Waals surface area contributed by atoms with E-state index in [9.17, 15) is 0 Å². The maximum absolute atomic E-state index is 16.6. The number of Topliss-reactive ketones (excluding diaryl/α,β-unsaturated/α-hetero) is 2. The van der Waals surface area contributed by atoms with E-state index in [-0.39, 0.29) is 54.4 Å². The summed E-state index contributed by atoms with van der Waals surface area (Å²) in [6.45, 7) is 12.2. The molecule has 7 nitrogen and oxygen atoms in total. The SMILES string of the molecule is C=CCCC(CC=C)CCc1cc(F)c2c(c1OCc1ccccc1)C(=O)C1=C(C)C3(C)C(=O)c4c(OCc5ccccc5)noc4C([N+](C)(C)C)C3CC1C2. The molecule has 0 amide bonds. The van der Waals surface area contributed by atoms with Gasteiger partial charge in [-0.05, 0) is 98.5 Å². The number of benzene rings is 3. The van der Waals surface area contributed by atoms with Gasteiger partial charge in [-0.1, -0.05) is 78.4 Å². The van der Waals surface area contributed by atoms with Crippen molar-refractivity contribution < 1.29 is 32.5 Å². The van der Waals surface area contributed by atoms with Crippen LogP contribution in [0.4, 0.5) is 4.39 Å². The number of allylic oxidation sites excluding steroid dienone is 4. The molecule has 0 aliphatic heterocycles. The zero-order chi connectivity index (χ0) is 39.8. The number of fused-ring (bicyclic) bond motifs is 4. The maximum Gasteiger partial charge on any atom is 0.266 e. The van der Waals surface area contributed by atoms with Crippen LogP contribution in [0, 0.1) is 29.0 Å². The zero-order valence-electron chi connectivity index (χ0n) is 33.4. The fraction of sp³-hybridized carbons (Fsp3) is 0.396. The molecule has 0 fully saturated rings. The van der Waals surface area contributed by atoms with Crippen LogP contribution in [0.2, 0.25) is 0 Å². The quantitative estimate of drug-likeness (QED) is 0.0888. The van der Waals surface area contributed by atoms with Gasteiger partial charge in [0.25, 0.3) is 5.88 Å². The second-order valence-corrected chi connectivity index (χ2v) is 17.0. The number of aromatic nitrogens is 1. The van der Waals surface area contributed by atoms with Crippen LogP contribution < -0.4 is 9.47 Å². The number of aryl methyl sites for hydroxylation is 1. The molecule has 0 spiro atoms. The average Bonchev–Trinajstić information content (AvgIpc) is 3.60. The molecule has 3 aromatic carbocycles. The summed E-state index contributed by atoms with van der Waals surface area (Å²) >= 11 is 0. The largest absolute Gasteiger partial charge is 0.488 e. The molecule has 0 saturated carbocycles. The first kappa shape index (κ1) is 39.2. The smallest absolute Gasteiger partial charge is 0.266 e. The fourth-order valence-electron chi connectivity index (χ4n) is 9.66. The molecule has 56 heavy (non-hydrogen) atoms. The molecule has 292 valence electrons. The van der Waals surface area contributed by atoms with Crippen molar-refractivity contribution in [2.45, 2.75) is 78.0 Å². The lowest BCUT2D eigenvalue weighted by Crippen LogP contribution is -2.56. The van der Waals surface area contributed by atoms with Gasteiger partial charge in [-0.2, -0.15) is 0 Å². The van der Waals surface area contributed by atoms with Crippen LogP contribution in [0.5, 0.6) is 11.6 Å². The van der Waals surface area contributed by atoms with Crippen LogP contribution in [0.25, 0.3) is 0 Å². The van der Waals surface area contributed by atoms with Gasteiger partial charge >= 0.3 is 0 Å². The number of quaternary nitrogens is 1. The summed E-state index contributed by atoms with van der Waals surface area (Å²) < 4.78 is 35.9. The first-order chi connectivity index (χ1) is 26.9. The molecule has 5 unspecified atom stereocenters. The maximum atomic E-state index is 16.6. The van der Waals surface area contributed by atoms with E-state index < -0.39 is 5.41 Å². The number of carbonyl (C=O) groups excluding carboxylic acids is 2. The molecular weight excluding hydrogens is 704 g/mol. The first-order valence-electron chi connectivity index (χ1n) is 19.9. The van der Waals surface area contributed by atoms with Gasteiger partial charge in [0.2, 0.25) is 5.76 Å². The van der Waals surface area contributed by atoms with E-state index in [1.807, 2.05) is 86.7 Å². The summed E-state index contributed by atoms with van der Waals surface area (Å²) in [6, 6.07) is 20.8. The molecule has 5 atom stereocenters. The van der Waals surface area contributed by atoms with Crippen LogP contribution in [-0.4, -0.2) is 42.3 Å². The van der Waals surface area contributed by atoms with Gasteiger partial charge in [0.1, 0.15) is 30.3 Å². The minimum Gasteiger partial charge on any atom is -0.488 e. The van der Waals surface area contributed by atoms with E-state index >= 15 is 14.0 Å². The number of ketones is 2. The Kier molecular flexibility index (Phi) is 11.1. The second-order valence-electron chi connectivity index (χ2n) is 17.0. The summed E-state index contributed by atoms with van der Waals surface area (Å²) in [5.41, 5.74) is 3.83. The molecule has 1 heterocycles. The lowest BCUT2D eigenvalue weighted by Gasteiger charge is -2.53. The van der Waals surface area contributed by atoms with Gasteiger partial charge in [0, 0.05) is 17.1 Å². The number of hydrogen-bond donors (Lipinski definition) is 0. The summed E-state index contributed by atoms with van der Waals surface area (Å²) in [6.07, 6.45) is 8.69. The molecule has 3 aliphatic rings. The number of nitrogens with zero attached hydrogens (tertiary/aromatic N) is 2. The van der Waals surface area contributed by atoms with Crippen molar-refractivity contribution in [1.82, 2.24) is 5.16 Å². The Bertz CT molecular complexity index is 2160. The van der Waals surface area contributed by atoms with E-state index in [2.05, 4.69) is 39.5 Å². The lowest BCUT2D eigenvalue weighted by molar-refractivity contribution is -0.909. The van der Waals surface area contributed by atoms with E-state index in [4.69, 9.17) is 14.0 Å². The van der Waals surface area contributed by atoms with Gasteiger partial charge in [0.15, 0.2) is 17.6 Å². The molecule has 0 saturated heterocycles. The minimum absolute atomic E-state index is 0.165. The van der Waals surface area contributed by atoms with Crippen molar-refractivity contribution >= 4 is 11.6 Å². The van der Waals surface area contributed by atoms with Crippen molar-refractivity contribution in [3.05, 3.63) is 148 Å². The highest BCUT2D eigenvalue weighted by Crippen LogP contribution is 2.61. The zero-order valence-corrected chi connectivity index (χ0v) is 33.4. The van der Waals surface area contributed by atoms with Gasteiger partial charge in [-0.3, -0.25) is 9.59 Å². The molecule has 8 heteroatoms. The molecule has 1 aromatic heterocycles. The second kappa shape index (κ2) is 15.8. The average molecular weight is 758 g/mol. The molecule has 0 bridgehead atoms. The number of ether oxygens (including phenoxy) is 2. The van der Waals surface area contributed by atoms with E-state index in [1.54, 1.807) is 6.07 Å². The first-order valence-corrected chi connectivity index (χ1v) is 19.9.